The summed E-state index contributed by atoms with van der Waals surface area (Å²) in [6, 6.07) is 11.1. The van der Waals surface area contributed by atoms with E-state index in [0.29, 0.717) is 18.6 Å². The molecule has 1 aromatic rings. The normalized spacial score (nSPS) is 32.2. The zero-order valence-electron chi connectivity index (χ0n) is 16.7. The van der Waals surface area contributed by atoms with Gasteiger partial charge in [0.25, 0.3) is 0 Å². The molecule has 3 atom stereocenters. The molecule has 1 aromatic carbocycles. The molecule has 0 N–H and O–H groups in total. The maximum absolute atomic E-state index is 13.2. The van der Waals surface area contributed by atoms with Gasteiger partial charge in [0.2, 0.25) is 0 Å². The summed E-state index contributed by atoms with van der Waals surface area (Å²) in [5.74, 6) is 0.587. The van der Waals surface area contributed by atoms with Crippen LogP contribution in [0.1, 0.15) is 63.4 Å². The Morgan fingerprint density at radius 3 is 2.48 bits per heavy atom. The first-order valence-corrected chi connectivity index (χ1v) is 10.7. The van der Waals surface area contributed by atoms with Gasteiger partial charge in [-0.25, -0.2) is 0 Å². The fourth-order valence-corrected chi connectivity index (χ4v) is 6.10. The molecule has 27 heavy (non-hydrogen) atoms. The summed E-state index contributed by atoms with van der Waals surface area (Å²) < 4.78 is 7.28. The number of rotatable bonds is 4. The monoisotopic (exact) mass is 483 g/mol. The van der Waals surface area contributed by atoms with Gasteiger partial charge < -0.3 is 33.2 Å². The summed E-state index contributed by atoms with van der Waals surface area (Å²) >= 11 is 0. The SMILES string of the molecule is C[N+]12CCCCC1C(COC(=O)C1(c3ccccc3)CCCC1)CCC2.[I-]. The second kappa shape index (κ2) is 8.81. The summed E-state index contributed by atoms with van der Waals surface area (Å²) in [6.45, 7) is 3.25. The highest BCUT2D eigenvalue weighted by Gasteiger charge is 2.47. The molecule has 2 aliphatic heterocycles. The number of carbonyl (C=O) groups excluding carboxylic acids is 1. The van der Waals surface area contributed by atoms with Crippen molar-refractivity contribution in [2.24, 2.45) is 5.92 Å². The number of piperidine rings is 2. The van der Waals surface area contributed by atoms with Crippen molar-refractivity contribution in [3.63, 3.8) is 0 Å². The third kappa shape index (κ3) is 4.07. The van der Waals surface area contributed by atoms with Crippen LogP contribution in [0.2, 0.25) is 0 Å². The maximum atomic E-state index is 13.2. The largest absolute Gasteiger partial charge is 1.00 e. The van der Waals surface area contributed by atoms with Crippen LogP contribution in [-0.2, 0) is 14.9 Å². The lowest BCUT2D eigenvalue weighted by Crippen LogP contribution is -3.00. The molecule has 0 radical (unpaired) electrons. The highest BCUT2D eigenvalue weighted by atomic mass is 127. The zero-order chi connectivity index (χ0) is 18.0. The zero-order valence-corrected chi connectivity index (χ0v) is 18.8. The molecule has 1 saturated carbocycles. The number of quaternary nitrogens is 1. The molecule has 3 aliphatic rings. The van der Waals surface area contributed by atoms with Crippen LogP contribution in [0.5, 0.6) is 0 Å². The van der Waals surface area contributed by atoms with Gasteiger partial charge in [-0.15, -0.1) is 0 Å². The van der Waals surface area contributed by atoms with Crippen LogP contribution >= 0.6 is 0 Å². The number of halogens is 1. The van der Waals surface area contributed by atoms with E-state index in [1.807, 2.05) is 6.07 Å². The van der Waals surface area contributed by atoms with E-state index in [0.717, 1.165) is 31.2 Å². The predicted molar refractivity (Wildman–Crippen MR) is 104 cm³/mol. The molecule has 0 amide bonds. The molecule has 3 unspecified atom stereocenters. The summed E-state index contributed by atoms with van der Waals surface area (Å²) in [7, 11) is 2.43. The summed E-state index contributed by atoms with van der Waals surface area (Å²) in [5, 5.41) is 0. The highest BCUT2D eigenvalue weighted by molar-refractivity contribution is 5.83. The highest BCUT2D eigenvalue weighted by Crippen LogP contribution is 2.43. The van der Waals surface area contributed by atoms with Gasteiger partial charge in [-0.3, -0.25) is 4.79 Å². The van der Waals surface area contributed by atoms with E-state index < -0.39 is 0 Å². The molecule has 2 heterocycles. The Morgan fingerprint density at radius 1 is 1.04 bits per heavy atom. The van der Waals surface area contributed by atoms with Gasteiger partial charge in [-0.1, -0.05) is 43.2 Å². The smallest absolute Gasteiger partial charge is 0.316 e. The van der Waals surface area contributed by atoms with E-state index in [-0.39, 0.29) is 35.4 Å². The molecule has 3 nitrogen and oxygen atoms in total. The topological polar surface area (TPSA) is 26.3 Å². The number of hydrogen-bond donors (Lipinski definition) is 0. The van der Waals surface area contributed by atoms with E-state index in [4.69, 9.17) is 4.74 Å². The molecule has 0 bridgehead atoms. The van der Waals surface area contributed by atoms with Crippen molar-refractivity contribution in [3.8, 4) is 0 Å². The average Bonchev–Trinajstić information content (AvgIpc) is 3.17. The first-order chi connectivity index (χ1) is 12.6. The minimum Gasteiger partial charge on any atom is -1.00 e. The molecular formula is C23H34INO2. The van der Waals surface area contributed by atoms with E-state index in [1.165, 1.54) is 49.7 Å². The molecule has 150 valence electrons. The first kappa shape index (κ1) is 21.1. The predicted octanol–water partition coefficient (Wildman–Crippen LogP) is 1.45. The van der Waals surface area contributed by atoms with Gasteiger partial charge in [0.05, 0.1) is 38.2 Å². The van der Waals surface area contributed by atoms with Crippen LogP contribution in [0.15, 0.2) is 30.3 Å². The Bertz CT molecular complexity index is 625. The first-order valence-electron chi connectivity index (χ1n) is 10.7. The van der Waals surface area contributed by atoms with Crippen molar-refractivity contribution < 1.29 is 38.0 Å². The van der Waals surface area contributed by atoms with Gasteiger partial charge >= 0.3 is 5.97 Å². The van der Waals surface area contributed by atoms with Gasteiger partial charge in [-0.05, 0) is 44.1 Å². The minimum absolute atomic E-state index is 0. The quantitative estimate of drug-likeness (QED) is 0.368. The van der Waals surface area contributed by atoms with Crippen LogP contribution in [-0.4, -0.2) is 43.2 Å². The number of carbonyl (C=O) groups is 1. The Labute approximate surface area is 181 Å². The number of esters is 1. The van der Waals surface area contributed by atoms with Crippen molar-refractivity contribution in [1.82, 2.24) is 0 Å². The number of nitrogens with zero attached hydrogens (tertiary/aromatic N) is 1. The van der Waals surface area contributed by atoms with Crippen molar-refractivity contribution in [3.05, 3.63) is 35.9 Å². The molecule has 4 heteroatoms. The number of hydrogen-bond acceptors (Lipinski definition) is 2. The lowest BCUT2D eigenvalue weighted by Gasteiger charge is -2.51. The summed E-state index contributed by atoms with van der Waals surface area (Å²) in [5.41, 5.74) is 0.769. The van der Waals surface area contributed by atoms with E-state index in [2.05, 4.69) is 31.3 Å². The van der Waals surface area contributed by atoms with Crippen molar-refractivity contribution in [2.75, 3.05) is 26.7 Å². The molecule has 2 saturated heterocycles. The molecule has 0 aromatic heterocycles. The minimum atomic E-state index is -0.388. The van der Waals surface area contributed by atoms with E-state index in [9.17, 15) is 4.79 Å². The average molecular weight is 483 g/mol. The van der Waals surface area contributed by atoms with Crippen molar-refractivity contribution in [1.29, 1.82) is 0 Å². The van der Waals surface area contributed by atoms with Gasteiger partial charge in [-0.2, -0.15) is 0 Å². The van der Waals surface area contributed by atoms with E-state index in [1.54, 1.807) is 0 Å². The van der Waals surface area contributed by atoms with Crippen LogP contribution in [0.4, 0.5) is 0 Å². The van der Waals surface area contributed by atoms with Crippen LogP contribution < -0.4 is 24.0 Å². The fraction of sp³-hybridized carbons (Fsp3) is 0.696. The Balaban J connectivity index is 0.00000210. The second-order valence-electron chi connectivity index (χ2n) is 9.15. The van der Waals surface area contributed by atoms with Crippen LogP contribution in [0, 0.1) is 5.92 Å². The molecular weight excluding hydrogens is 449 g/mol. The van der Waals surface area contributed by atoms with Gasteiger partial charge in [0, 0.05) is 12.3 Å². The van der Waals surface area contributed by atoms with Crippen molar-refractivity contribution >= 4 is 5.97 Å². The lowest BCUT2D eigenvalue weighted by molar-refractivity contribution is -0.947. The Kier molecular flexibility index (Phi) is 6.88. The molecule has 0 spiro atoms. The van der Waals surface area contributed by atoms with Gasteiger partial charge in [0.1, 0.15) is 0 Å². The number of benzene rings is 1. The summed E-state index contributed by atoms with van der Waals surface area (Å²) in [4.78, 5) is 13.2. The lowest BCUT2D eigenvalue weighted by atomic mass is 9.78. The van der Waals surface area contributed by atoms with E-state index >= 15 is 0 Å². The number of fused-ring (bicyclic) bond motifs is 1. The molecule has 3 fully saturated rings. The molecule has 4 rings (SSSR count). The van der Waals surface area contributed by atoms with Crippen molar-refractivity contribution in [2.45, 2.75) is 69.2 Å². The third-order valence-electron chi connectivity index (χ3n) is 7.61. The van der Waals surface area contributed by atoms with Gasteiger partial charge in [0.15, 0.2) is 0 Å². The molecule has 1 aliphatic carbocycles. The number of ether oxygens (including phenoxy) is 1. The fourth-order valence-electron chi connectivity index (χ4n) is 6.10. The maximum Gasteiger partial charge on any atom is 0.316 e. The summed E-state index contributed by atoms with van der Waals surface area (Å²) in [6.07, 6.45) is 10.7. The Hall–Kier alpha value is -0.620. The Morgan fingerprint density at radius 2 is 1.74 bits per heavy atom. The standard InChI is InChI=1S/C23H34NO2.HI/c1-24-16-8-5-13-21(24)19(10-9-17-24)18-26-22(25)23(14-6-7-15-23)20-11-3-2-4-12-20;/h2-4,11-12,19,21H,5-10,13-18H2,1H3;1H/q+1;/p-1. The third-order valence-corrected chi connectivity index (χ3v) is 7.61. The second-order valence-corrected chi connectivity index (χ2v) is 9.15. The van der Waals surface area contributed by atoms with Crippen LogP contribution in [0.25, 0.3) is 0 Å². The van der Waals surface area contributed by atoms with Crippen LogP contribution in [0.3, 0.4) is 0 Å².